The van der Waals surface area contributed by atoms with E-state index in [9.17, 15) is 0 Å². The molecule has 2 heterocycles. The molecule has 1 aliphatic carbocycles. The van der Waals surface area contributed by atoms with Gasteiger partial charge in [0.05, 0.1) is 18.2 Å². The predicted molar refractivity (Wildman–Crippen MR) is 61.3 cm³/mol. The molecule has 1 saturated carbocycles. The Bertz CT molecular complexity index is 489. The standard InChI is InChI=1S/C12H13N3O/c1-13-11-6-10(9-4-5-16-7-9)14-12(15-11)8-2-3-8/h4-8H,2-3H2,1H3,(H,13,14,15). The van der Waals surface area contributed by atoms with Gasteiger partial charge in [0.15, 0.2) is 0 Å². The summed E-state index contributed by atoms with van der Waals surface area (Å²) in [6.07, 6.45) is 5.78. The fourth-order valence-corrected chi connectivity index (χ4v) is 1.68. The van der Waals surface area contributed by atoms with Crippen molar-refractivity contribution in [3.63, 3.8) is 0 Å². The first-order valence-corrected chi connectivity index (χ1v) is 5.46. The second kappa shape index (κ2) is 3.63. The fraction of sp³-hybridized carbons (Fsp3) is 0.333. The van der Waals surface area contributed by atoms with Crippen molar-refractivity contribution in [3.8, 4) is 11.3 Å². The van der Waals surface area contributed by atoms with E-state index in [4.69, 9.17) is 4.42 Å². The molecule has 0 radical (unpaired) electrons. The second-order valence-electron chi connectivity index (χ2n) is 4.03. The molecule has 0 atom stereocenters. The highest BCUT2D eigenvalue weighted by atomic mass is 16.3. The molecule has 2 aromatic heterocycles. The Morgan fingerprint density at radius 2 is 2.25 bits per heavy atom. The molecule has 4 nitrogen and oxygen atoms in total. The molecule has 1 aliphatic rings. The van der Waals surface area contributed by atoms with Gasteiger partial charge in [-0.3, -0.25) is 0 Å². The van der Waals surface area contributed by atoms with E-state index >= 15 is 0 Å². The first kappa shape index (κ1) is 9.39. The normalized spacial score (nSPS) is 15.1. The quantitative estimate of drug-likeness (QED) is 0.855. The Morgan fingerprint density at radius 3 is 2.88 bits per heavy atom. The number of hydrogen-bond donors (Lipinski definition) is 1. The average Bonchev–Trinajstić information content (AvgIpc) is 3.04. The molecule has 1 fully saturated rings. The van der Waals surface area contributed by atoms with Crippen LogP contribution < -0.4 is 5.32 Å². The maximum Gasteiger partial charge on any atom is 0.134 e. The topological polar surface area (TPSA) is 51.0 Å². The lowest BCUT2D eigenvalue weighted by molar-refractivity contribution is 0.568. The van der Waals surface area contributed by atoms with Crippen LogP contribution in [-0.2, 0) is 0 Å². The molecule has 0 aliphatic heterocycles. The molecule has 16 heavy (non-hydrogen) atoms. The van der Waals surface area contributed by atoms with Crippen molar-refractivity contribution in [1.29, 1.82) is 0 Å². The molecule has 2 aromatic rings. The zero-order chi connectivity index (χ0) is 11.0. The Labute approximate surface area is 93.7 Å². The summed E-state index contributed by atoms with van der Waals surface area (Å²) in [7, 11) is 1.87. The van der Waals surface area contributed by atoms with Crippen molar-refractivity contribution in [1.82, 2.24) is 9.97 Å². The largest absolute Gasteiger partial charge is 0.472 e. The summed E-state index contributed by atoms with van der Waals surface area (Å²) in [4.78, 5) is 9.05. The molecule has 0 bridgehead atoms. The van der Waals surface area contributed by atoms with Gasteiger partial charge >= 0.3 is 0 Å². The molecule has 82 valence electrons. The number of rotatable bonds is 3. The van der Waals surface area contributed by atoms with E-state index < -0.39 is 0 Å². The average molecular weight is 215 g/mol. The number of nitrogens with one attached hydrogen (secondary N) is 1. The van der Waals surface area contributed by atoms with Crippen LogP contribution in [0.15, 0.2) is 29.1 Å². The smallest absolute Gasteiger partial charge is 0.134 e. The summed E-state index contributed by atoms with van der Waals surface area (Å²) in [6, 6.07) is 3.86. The van der Waals surface area contributed by atoms with Crippen LogP contribution >= 0.6 is 0 Å². The van der Waals surface area contributed by atoms with Gasteiger partial charge in [-0.15, -0.1) is 0 Å². The van der Waals surface area contributed by atoms with Crippen molar-refractivity contribution in [2.45, 2.75) is 18.8 Å². The third kappa shape index (κ3) is 1.66. The summed E-state index contributed by atoms with van der Waals surface area (Å²) < 4.78 is 5.08. The maximum absolute atomic E-state index is 5.08. The summed E-state index contributed by atoms with van der Waals surface area (Å²) in [5.41, 5.74) is 1.93. The highest BCUT2D eigenvalue weighted by molar-refractivity contribution is 5.61. The molecule has 4 heteroatoms. The van der Waals surface area contributed by atoms with Gasteiger partial charge in [0.2, 0.25) is 0 Å². The lowest BCUT2D eigenvalue weighted by Gasteiger charge is -2.05. The van der Waals surface area contributed by atoms with Crippen LogP contribution in [0.3, 0.4) is 0 Å². The fourth-order valence-electron chi connectivity index (χ4n) is 1.68. The van der Waals surface area contributed by atoms with Crippen molar-refractivity contribution in [2.75, 3.05) is 12.4 Å². The van der Waals surface area contributed by atoms with E-state index in [1.807, 2.05) is 19.2 Å². The molecule has 0 saturated heterocycles. The van der Waals surface area contributed by atoms with Gasteiger partial charge in [-0.25, -0.2) is 9.97 Å². The monoisotopic (exact) mass is 215 g/mol. The maximum atomic E-state index is 5.08. The Balaban J connectivity index is 2.06. The third-order valence-corrected chi connectivity index (χ3v) is 2.76. The number of nitrogens with zero attached hydrogens (tertiary/aromatic N) is 2. The van der Waals surface area contributed by atoms with E-state index in [1.54, 1.807) is 12.5 Å². The van der Waals surface area contributed by atoms with Gasteiger partial charge in [0, 0.05) is 24.6 Å². The lowest BCUT2D eigenvalue weighted by atomic mass is 10.2. The van der Waals surface area contributed by atoms with E-state index in [0.717, 1.165) is 22.9 Å². The van der Waals surface area contributed by atoms with Crippen LogP contribution in [-0.4, -0.2) is 17.0 Å². The molecular weight excluding hydrogens is 202 g/mol. The van der Waals surface area contributed by atoms with Gasteiger partial charge in [0.1, 0.15) is 11.6 Å². The molecule has 0 unspecified atom stereocenters. The van der Waals surface area contributed by atoms with E-state index in [0.29, 0.717) is 5.92 Å². The van der Waals surface area contributed by atoms with Crippen molar-refractivity contribution in [2.24, 2.45) is 0 Å². The van der Waals surface area contributed by atoms with Crippen LogP contribution in [0.4, 0.5) is 5.82 Å². The van der Waals surface area contributed by atoms with Gasteiger partial charge in [-0.05, 0) is 18.9 Å². The second-order valence-corrected chi connectivity index (χ2v) is 4.03. The number of anilines is 1. The molecule has 0 amide bonds. The Morgan fingerprint density at radius 1 is 1.38 bits per heavy atom. The Kier molecular flexibility index (Phi) is 2.13. The zero-order valence-electron chi connectivity index (χ0n) is 9.10. The van der Waals surface area contributed by atoms with Gasteiger partial charge in [-0.2, -0.15) is 0 Å². The molecule has 3 rings (SSSR count). The van der Waals surface area contributed by atoms with Crippen LogP contribution in [0.25, 0.3) is 11.3 Å². The van der Waals surface area contributed by atoms with Crippen molar-refractivity contribution >= 4 is 5.82 Å². The van der Waals surface area contributed by atoms with Crippen LogP contribution in [0.2, 0.25) is 0 Å². The minimum Gasteiger partial charge on any atom is -0.472 e. The van der Waals surface area contributed by atoms with Gasteiger partial charge in [-0.1, -0.05) is 0 Å². The number of hydrogen-bond acceptors (Lipinski definition) is 4. The first-order chi connectivity index (χ1) is 7.86. The first-order valence-electron chi connectivity index (χ1n) is 5.46. The highest BCUT2D eigenvalue weighted by Gasteiger charge is 2.27. The third-order valence-electron chi connectivity index (χ3n) is 2.76. The highest BCUT2D eigenvalue weighted by Crippen LogP contribution is 2.39. The van der Waals surface area contributed by atoms with E-state index in [1.165, 1.54) is 12.8 Å². The van der Waals surface area contributed by atoms with Gasteiger partial charge < -0.3 is 9.73 Å². The summed E-state index contributed by atoms with van der Waals surface area (Å²) in [5, 5.41) is 3.07. The van der Waals surface area contributed by atoms with Gasteiger partial charge in [0.25, 0.3) is 0 Å². The molecule has 1 N–H and O–H groups in total. The number of furan rings is 1. The van der Waals surface area contributed by atoms with Crippen molar-refractivity contribution in [3.05, 3.63) is 30.5 Å². The van der Waals surface area contributed by atoms with Crippen LogP contribution in [0, 0.1) is 0 Å². The minimum atomic E-state index is 0.555. The van der Waals surface area contributed by atoms with Crippen LogP contribution in [0.5, 0.6) is 0 Å². The zero-order valence-corrected chi connectivity index (χ0v) is 9.10. The molecule has 0 aromatic carbocycles. The summed E-state index contributed by atoms with van der Waals surface area (Å²) in [5.74, 6) is 2.37. The van der Waals surface area contributed by atoms with E-state index in [-0.39, 0.29) is 0 Å². The predicted octanol–water partition coefficient (Wildman–Crippen LogP) is 2.66. The lowest BCUT2D eigenvalue weighted by Crippen LogP contribution is -2.00. The number of aromatic nitrogens is 2. The summed E-state index contributed by atoms with van der Waals surface area (Å²) in [6.45, 7) is 0. The Hall–Kier alpha value is -1.84. The molecular formula is C12H13N3O. The van der Waals surface area contributed by atoms with Crippen LogP contribution in [0.1, 0.15) is 24.6 Å². The molecule has 0 spiro atoms. The minimum absolute atomic E-state index is 0.555. The SMILES string of the molecule is CNc1cc(-c2ccoc2)nc(C2CC2)n1. The van der Waals surface area contributed by atoms with Crippen molar-refractivity contribution < 1.29 is 4.42 Å². The van der Waals surface area contributed by atoms with E-state index in [2.05, 4.69) is 15.3 Å². The summed E-state index contributed by atoms with van der Waals surface area (Å²) >= 11 is 0.